The van der Waals surface area contributed by atoms with Gasteiger partial charge in [0.1, 0.15) is 5.75 Å². The summed E-state index contributed by atoms with van der Waals surface area (Å²) in [6.07, 6.45) is -0.990. The van der Waals surface area contributed by atoms with E-state index < -0.39 is 24.0 Å². The van der Waals surface area contributed by atoms with Crippen LogP contribution >= 0.6 is 15.9 Å². The lowest BCUT2D eigenvalue weighted by Crippen LogP contribution is -2.42. The van der Waals surface area contributed by atoms with Gasteiger partial charge in [0, 0.05) is 4.47 Å². The molecule has 0 aromatic heterocycles. The molecule has 1 aromatic carbocycles. The Hall–Kier alpha value is -2.09. The summed E-state index contributed by atoms with van der Waals surface area (Å²) < 4.78 is 5.61. The predicted molar refractivity (Wildman–Crippen MR) is 68.9 cm³/mol. The Labute approximate surface area is 116 Å². The third-order valence-corrected chi connectivity index (χ3v) is 2.79. The fourth-order valence-corrected chi connectivity index (χ4v) is 1.64. The molecule has 0 radical (unpaired) electrons. The van der Waals surface area contributed by atoms with E-state index in [1.807, 2.05) is 5.32 Å². The summed E-state index contributed by atoms with van der Waals surface area (Å²) >= 11 is 3.08. The van der Waals surface area contributed by atoms with Gasteiger partial charge in [0.05, 0.1) is 5.56 Å². The summed E-state index contributed by atoms with van der Waals surface area (Å²) in [4.78, 5) is 32.8. The van der Waals surface area contributed by atoms with E-state index in [1.54, 1.807) is 0 Å². The average Bonchev–Trinajstić information content (AvgIpc) is 2.30. The number of carboxylic acids is 1. The normalized spacial score (nSPS) is 11.5. The number of carbonyl (C=O) groups is 3. The fraction of sp³-hybridized carbons (Fsp3) is 0.182. The maximum absolute atomic E-state index is 11.4. The van der Waals surface area contributed by atoms with E-state index in [1.165, 1.54) is 25.1 Å². The Balaban J connectivity index is 2.82. The lowest BCUT2D eigenvalue weighted by Gasteiger charge is -2.14. The number of hydrogen-bond donors (Lipinski definition) is 3. The summed E-state index contributed by atoms with van der Waals surface area (Å²) in [5, 5.41) is 10.8. The summed E-state index contributed by atoms with van der Waals surface area (Å²) in [6, 6.07) is 3.25. The fourth-order valence-electron chi connectivity index (χ4n) is 1.22. The second-order valence-electron chi connectivity index (χ2n) is 3.56. The SMILES string of the molecule is CC(Oc1ccc(Br)c(C(=O)O)c1)C(=O)NC(N)=O. The smallest absolute Gasteiger partial charge is 0.336 e. The number of imide groups is 1. The Morgan fingerprint density at radius 2 is 2.05 bits per heavy atom. The highest BCUT2D eigenvalue weighted by Crippen LogP contribution is 2.23. The van der Waals surface area contributed by atoms with Gasteiger partial charge < -0.3 is 15.6 Å². The number of nitrogens with one attached hydrogen (secondary N) is 1. The highest BCUT2D eigenvalue weighted by Gasteiger charge is 2.17. The number of primary amides is 1. The Morgan fingerprint density at radius 1 is 1.42 bits per heavy atom. The highest BCUT2D eigenvalue weighted by molar-refractivity contribution is 9.10. The number of nitrogens with two attached hydrogens (primary N) is 1. The number of halogens is 1. The van der Waals surface area contributed by atoms with E-state index in [9.17, 15) is 14.4 Å². The van der Waals surface area contributed by atoms with E-state index in [0.29, 0.717) is 4.47 Å². The number of aromatic carboxylic acids is 1. The second-order valence-corrected chi connectivity index (χ2v) is 4.41. The lowest BCUT2D eigenvalue weighted by molar-refractivity contribution is -0.126. The maximum Gasteiger partial charge on any atom is 0.336 e. The zero-order chi connectivity index (χ0) is 14.6. The molecule has 3 amide bonds. The minimum atomic E-state index is -1.13. The molecule has 0 fully saturated rings. The Bertz CT molecular complexity index is 532. The van der Waals surface area contributed by atoms with Crippen molar-refractivity contribution in [2.24, 2.45) is 5.73 Å². The number of ether oxygens (including phenoxy) is 1. The molecule has 0 aliphatic rings. The van der Waals surface area contributed by atoms with Crippen LogP contribution < -0.4 is 15.8 Å². The first kappa shape index (κ1) is 15.0. The monoisotopic (exact) mass is 330 g/mol. The van der Waals surface area contributed by atoms with Crippen molar-refractivity contribution in [1.82, 2.24) is 5.32 Å². The first-order chi connectivity index (χ1) is 8.81. The van der Waals surface area contributed by atoms with Gasteiger partial charge in [-0.05, 0) is 41.1 Å². The average molecular weight is 331 g/mol. The number of carboxylic acid groups (broad SMARTS) is 1. The van der Waals surface area contributed by atoms with E-state index in [4.69, 9.17) is 15.6 Å². The minimum Gasteiger partial charge on any atom is -0.481 e. The van der Waals surface area contributed by atoms with Crippen LogP contribution in [0.15, 0.2) is 22.7 Å². The molecule has 0 bridgehead atoms. The van der Waals surface area contributed by atoms with Crippen LogP contribution in [0, 0.1) is 0 Å². The highest BCUT2D eigenvalue weighted by atomic mass is 79.9. The van der Waals surface area contributed by atoms with Crippen molar-refractivity contribution in [1.29, 1.82) is 0 Å². The maximum atomic E-state index is 11.4. The van der Waals surface area contributed by atoms with Crippen LogP contribution in [0.2, 0.25) is 0 Å². The molecule has 1 aromatic rings. The van der Waals surface area contributed by atoms with Gasteiger partial charge in [-0.2, -0.15) is 0 Å². The van der Waals surface area contributed by atoms with Gasteiger partial charge in [-0.3, -0.25) is 10.1 Å². The van der Waals surface area contributed by atoms with Crippen LogP contribution in [0.5, 0.6) is 5.75 Å². The molecule has 8 heteroatoms. The molecule has 0 aliphatic heterocycles. The van der Waals surface area contributed by atoms with Crippen molar-refractivity contribution in [2.45, 2.75) is 13.0 Å². The predicted octanol–water partition coefficient (Wildman–Crippen LogP) is 1.11. The minimum absolute atomic E-state index is 0.00000871. The molecule has 0 aliphatic carbocycles. The molecule has 0 heterocycles. The number of urea groups is 1. The van der Waals surface area contributed by atoms with Crippen molar-refractivity contribution in [3.63, 3.8) is 0 Å². The van der Waals surface area contributed by atoms with Crippen LogP contribution in [0.4, 0.5) is 4.79 Å². The summed E-state index contributed by atoms with van der Waals surface area (Å²) in [7, 11) is 0. The lowest BCUT2D eigenvalue weighted by atomic mass is 10.2. The molecular weight excluding hydrogens is 320 g/mol. The van der Waals surface area contributed by atoms with Gasteiger partial charge in [0.15, 0.2) is 6.10 Å². The van der Waals surface area contributed by atoms with Crippen LogP contribution in [0.3, 0.4) is 0 Å². The van der Waals surface area contributed by atoms with Gasteiger partial charge in [0.25, 0.3) is 5.91 Å². The molecular formula is C11H11BrN2O5. The van der Waals surface area contributed by atoms with Crippen LogP contribution in [-0.4, -0.2) is 29.1 Å². The van der Waals surface area contributed by atoms with Crippen molar-refractivity contribution in [3.8, 4) is 5.75 Å². The molecule has 1 atom stereocenters. The number of benzene rings is 1. The van der Waals surface area contributed by atoms with Crippen molar-refractivity contribution >= 4 is 33.8 Å². The van der Waals surface area contributed by atoms with Gasteiger partial charge in [-0.15, -0.1) is 0 Å². The zero-order valence-corrected chi connectivity index (χ0v) is 11.4. The van der Waals surface area contributed by atoms with Gasteiger partial charge in [0.2, 0.25) is 0 Å². The van der Waals surface area contributed by atoms with E-state index in [2.05, 4.69) is 15.9 Å². The number of carbonyl (C=O) groups excluding carboxylic acids is 2. The zero-order valence-electron chi connectivity index (χ0n) is 9.84. The van der Waals surface area contributed by atoms with Crippen LogP contribution in [0.25, 0.3) is 0 Å². The first-order valence-corrected chi connectivity index (χ1v) is 5.90. The summed E-state index contributed by atoms with van der Waals surface area (Å²) in [6.45, 7) is 1.40. The standard InChI is InChI=1S/C11H11BrN2O5/c1-5(9(15)14-11(13)18)19-6-2-3-8(12)7(4-6)10(16)17/h2-5H,1H3,(H,16,17)(H3,13,14,15,18). The van der Waals surface area contributed by atoms with E-state index in [-0.39, 0.29) is 11.3 Å². The van der Waals surface area contributed by atoms with E-state index >= 15 is 0 Å². The van der Waals surface area contributed by atoms with Crippen LogP contribution in [-0.2, 0) is 4.79 Å². The third-order valence-electron chi connectivity index (χ3n) is 2.10. The molecule has 0 saturated carbocycles. The van der Waals surface area contributed by atoms with Crippen molar-refractivity contribution in [3.05, 3.63) is 28.2 Å². The van der Waals surface area contributed by atoms with Crippen molar-refractivity contribution < 1.29 is 24.2 Å². The third kappa shape index (κ3) is 4.25. The number of hydrogen-bond acceptors (Lipinski definition) is 4. The molecule has 4 N–H and O–H groups in total. The molecule has 19 heavy (non-hydrogen) atoms. The number of amides is 3. The first-order valence-electron chi connectivity index (χ1n) is 5.11. The molecule has 102 valence electrons. The molecule has 7 nitrogen and oxygen atoms in total. The molecule has 1 unspecified atom stereocenters. The van der Waals surface area contributed by atoms with Gasteiger partial charge >= 0.3 is 12.0 Å². The Kier molecular flexibility index (Phi) is 4.87. The topological polar surface area (TPSA) is 119 Å². The Morgan fingerprint density at radius 3 is 2.58 bits per heavy atom. The molecule has 0 saturated heterocycles. The largest absolute Gasteiger partial charge is 0.481 e. The molecule has 1 rings (SSSR count). The quantitative estimate of drug-likeness (QED) is 0.764. The van der Waals surface area contributed by atoms with Crippen LogP contribution in [0.1, 0.15) is 17.3 Å². The molecule has 0 spiro atoms. The van der Waals surface area contributed by atoms with Crippen molar-refractivity contribution in [2.75, 3.05) is 0 Å². The van der Waals surface area contributed by atoms with Gasteiger partial charge in [-0.25, -0.2) is 9.59 Å². The summed E-state index contributed by atoms with van der Waals surface area (Å²) in [5.74, 6) is -1.66. The van der Waals surface area contributed by atoms with E-state index in [0.717, 1.165) is 0 Å². The second kappa shape index (κ2) is 6.19. The summed E-state index contributed by atoms with van der Waals surface area (Å²) in [5.41, 5.74) is 4.80. The van der Waals surface area contributed by atoms with Gasteiger partial charge in [-0.1, -0.05) is 0 Å². The number of rotatable bonds is 4.